The molecule has 2 heterocycles. The van der Waals surface area contributed by atoms with E-state index in [1.165, 1.54) is 0 Å². The second kappa shape index (κ2) is 5.69. The Morgan fingerprint density at radius 1 is 1.32 bits per heavy atom. The van der Waals surface area contributed by atoms with E-state index in [1.54, 1.807) is 18.2 Å². The number of aromatic hydroxyl groups is 1. The molecular formula is C13H16BrClN2O2. The molecular weight excluding hydrogens is 332 g/mol. The highest BCUT2D eigenvalue weighted by atomic mass is 79.9. The van der Waals surface area contributed by atoms with E-state index in [1.807, 2.05) is 4.90 Å². The van der Waals surface area contributed by atoms with Gasteiger partial charge < -0.3 is 15.3 Å². The van der Waals surface area contributed by atoms with Crippen LogP contribution in [0.15, 0.2) is 22.7 Å². The average molecular weight is 348 g/mol. The third kappa shape index (κ3) is 2.73. The minimum atomic E-state index is -0.0665. The molecule has 2 aliphatic rings. The van der Waals surface area contributed by atoms with Crippen LogP contribution >= 0.6 is 28.3 Å². The molecule has 0 bridgehead atoms. The molecule has 0 radical (unpaired) electrons. The smallest absolute Gasteiger partial charge is 0.257 e. The number of rotatable bonds is 1. The van der Waals surface area contributed by atoms with E-state index in [4.69, 9.17) is 0 Å². The number of phenolic OH excluding ortho intramolecular Hbond substituents is 1. The predicted molar refractivity (Wildman–Crippen MR) is 78.8 cm³/mol. The van der Waals surface area contributed by atoms with Gasteiger partial charge in [-0.3, -0.25) is 4.79 Å². The fraction of sp³-hybridized carbons (Fsp3) is 0.462. The van der Waals surface area contributed by atoms with Crippen molar-refractivity contribution in [3.63, 3.8) is 0 Å². The standard InChI is InChI=1S/C13H15BrN2O2.ClH/c14-10-1-2-12(17)11(3-10)13(18)16-6-8-4-15-5-9(8)7-16;/h1-3,8-9,15,17H,4-7H2;1H/t8-,9+;. The van der Waals surface area contributed by atoms with E-state index >= 15 is 0 Å². The number of fused-ring (bicyclic) bond motifs is 1. The highest BCUT2D eigenvalue weighted by Crippen LogP contribution is 2.30. The zero-order chi connectivity index (χ0) is 12.7. The number of carbonyl (C=O) groups excluding carboxylic acids is 1. The fourth-order valence-corrected chi connectivity index (χ4v) is 3.23. The van der Waals surface area contributed by atoms with E-state index in [0.29, 0.717) is 17.4 Å². The van der Waals surface area contributed by atoms with Crippen molar-refractivity contribution in [2.75, 3.05) is 26.2 Å². The van der Waals surface area contributed by atoms with Gasteiger partial charge in [0.1, 0.15) is 5.75 Å². The first kappa shape index (κ1) is 14.6. The summed E-state index contributed by atoms with van der Waals surface area (Å²) >= 11 is 3.33. The molecule has 1 aromatic rings. The number of halogens is 2. The van der Waals surface area contributed by atoms with Crippen LogP contribution in [0.1, 0.15) is 10.4 Å². The van der Waals surface area contributed by atoms with Gasteiger partial charge in [0.05, 0.1) is 5.56 Å². The highest BCUT2D eigenvalue weighted by Gasteiger charge is 2.38. The van der Waals surface area contributed by atoms with E-state index in [9.17, 15) is 9.90 Å². The number of benzene rings is 1. The number of carbonyl (C=O) groups is 1. The molecule has 1 aromatic carbocycles. The van der Waals surface area contributed by atoms with Crippen molar-refractivity contribution >= 4 is 34.2 Å². The summed E-state index contributed by atoms with van der Waals surface area (Å²) in [4.78, 5) is 14.2. The first-order chi connectivity index (χ1) is 8.65. The number of nitrogens with zero attached hydrogens (tertiary/aromatic N) is 1. The van der Waals surface area contributed by atoms with Crippen LogP contribution in [-0.4, -0.2) is 42.1 Å². The second-order valence-electron chi connectivity index (χ2n) is 5.05. The minimum Gasteiger partial charge on any atom is -0.507 e. The average Bonchev–Trinajstić information content (AvgIpc) is 2.91. The molecule has 4 nitrogen and oxygen atoms in total. The van der Waals surface area contributed by atoms with Crippen molar-refractivity contribution in [3.05, 3.63) is 28.2 Å². The number of likely N-dealkylation sites (tertiary alicyclic amines) is 1. The largest absolute Gasteiger partial charge is 0.507 e. The maximum Gasteiger partial charge on any atom is 0.257 e. The number of hydrogen-bond acceptors (Lipinski definition) is 3. The first-order valence-corrected chi connectivity index (χ1v) is 6.93. The van der Waals surface area contributed by atoms with Crippen molar-refractivity contribution in [1.29, 1.82) is 0 Å². The van der Waals surface area contributed by atoms with Crippen molar-refractivity contribution in [3.8, 4) is 5.75 Å². The van der Waals surface area contributed by atoms with Crippen molar-refractivity contribution < 1.29 is 9.90 Å². The van der Waals surface area contributed by atoms with E-state index in [0.717, 1.165) is 30.7 Å². The third-order valence-corrected chi connectivity index (χ3v) is 4.36. The quantitative estimate of drug-likeness (QED) is 0.815. The molecule has 0 spiro atoms. The summed E-state index contributed by atoms with van der Waals surface area (Å²) in [6.45, 7) is 3.59. The lowest BCUT2D eigenvalue weighted by atomic mass is 10.0. The SMILES string of the molecule is Cl.O=C(c1cc(Br)ccc1O)N1C[C@H]2CNC[C@H]2C1. The van der Waals surface area contributed by atoms with Gasteiger partial charge in [-0.05, 0) is 30.0 Å². The zero-order valence-corrected chi connectivity index (χ0v) is 12.7. The van der Waals surface area contributed by atoms with E-state index < -0.39 is 0 Å². The Balaban J connectivity index is 0.00000133. The van der Waals surface area contributed by atoms with Crippen LogP contribution in [0.3, 0.4) is 0 Å². The maximum absolute atomic E-state index is 12.4. The lowest BCUT2D eigenvalue weighted by molar-refractivity contribution is 0.0778. The number of amides is 1. The highest BCUT2D eigenvalue weighted by molar-refractivity contribution is 9.10. The van der Waals surface area contributed by atoms with Crippen LogP contribution in [0.25, 0.3) is 0 Å². The Morgan fingerprint density at radius 3 is 2.58 bits per heavy atom. The van der Waals surface area contributed by atoms with Gasteiger partial charge in [0, 0.05) is 30.7 Å². The number of phenols is 1. The zero-order valence-electron chi connectivity index (χ0n) is 10.3. The lowest BCUT2D eigenvalue weighted by Gasteiger charge is -2.18. The molecule has 2 aliphatic heterocycles. The molecule has 2 atom stereocenters. The molecule has 2 saturated heterocycles. The van der Waals surface area contributed by atoms with Crippen LogP contribution in [0.5, 0.6) is 5.75 Å². The van der Waals surface area contributed by atoms with Gasteiger partial charge in [-0.2, -0.15) is 0 Å². The Hall–Kier alpha value is -0.780. The second-order valence-corrected chi connectivity index (χ2v) is 5.97. The van der Waals surface area contributed by atoms with Gasteiger partial charge >= 0.3 is 0 Å². The lowest BCUT2D eigenvalue weighted by Crippen LogP contribution is -2.31. The normalized spacial score (nSPS) is 25.0. The monoisotopic (exact) mass is 346 g/mol. The van der Waals surface area contributed by atoms with E-state index in [-0.39, 0.29) is 24.1 Å². The third-order valence-electron chi connectivity index (χ3n) is 3.87. The van der Waals surface area contributed by atoms with Crippen LogP contribution in [-0.2, 0) is 0 Å². The van der Waals surface area contributed by atoms with Crippen LogP contribution in [0.2, 0.25) is 0 Å². The van der Waals surface area contributed by atoms with Gasteiger partial charge in [0.15, 0.2) is 0 Å². The summed E-state index contributed by atoms with van der Waals surface area (Å²) < 4.78 is 0.810. The Labute approximate surface area is 126 Å². The predicted octanol–water partition coefficient (Wildman–Crippen LogP) is 1.87. The van der Waals surface area contributed by atoms with Crippen LogP contribution < -0.4 is 5.32 Å². The number of hydrogen-bond donors (Lipinski definition) is 2. The Kier molecular flexibility index (Phi) is 4.38. The molecule has 2 N–H and O–H groups in total. The Morgan fingerprint density at radius 2 is 1.95 bits per heavy atom. The first-order valence-electron chi connectivity index (χ1n) is 6.13. The Bertz CT molecular complexity index is 486. The molecule has 1 amide bonds. The summed E-state index contributed by atoms with van der Waals surface area (Å²) in [5.74, 6) is 1.13. The van der Waals surface area contributed by atoms with Crippen molar-refractivity contribution in [2.45, 2.75) is 0 Å². The molecule has 0 saturated carbocycles. The summed E-state index contributed by atoms with van der Waals surface area (Å²) in [5.41, 5.74) is 0.386. The molecule has 0 aliphatic carbocycles. The molecule has 19 heavy (non-hydrogen) atoms. The molecule has 2 fully saturated rings. The summed E-state index contributed by atoms with van der Waals surface area (Å²) in [7, 11) is 0. The summed E-state index contributed by atoms with van der Waals surface area (Å²) in [5, 5.41) is 13.1. The molecule has 0 aromatic heterocycles. The number of nitrogens with one attached hydrogen (secondary N) is 1. The van der Waals surface area contributed by atoms with Crippen LogP contribution in [0.4, 0.5) is 0 Å². The van der Waals surface area contributed by atoms with E-state index in [2.05, 4.69) is 21.2 Å². The fourth-order valence-electron chi connectivity index (χ4n) is 2.87. The van der Waals surface area contributed by atoms with Gasteiger partial charge in [0.25, 0.3) is 5.91 Å². The molecule has 3 rings (SSSR count). The van der Waals surface area contributed by atoms with Crippen molar-refractivity contribution in [2.24, 2.45) is 11.8 Å². The van der Waals surface area contributed by atoms with Gasteiger partial charge in [-0.15, -0.1) is 12.4 Å². The van der Waals surface area contributed by atoms with Crippen LogP contribution in [0, 0.1) is 11.8 Å². The summed E-state index contributed by atoms with van der Waals surface area (Å²) in [6, 6.07) is 4.97. The van der Waals surface area contributed by atoms with Gasteiger partial charge in [-0.25, -0.2) is 0 Å². The van der Waals surface area contributed by atoms with Gasteiger partial charge in [-0.1, -0.05) is 15.9 Å². The van der Waals surface area contributed by atoms with Gasteiger partial charge in [0.2, 0.25) is 0 Å². The minimum absolute atomic E-state index is 0. The topological polar surface area (TPSA) is 52.6 Å². The molecule has 6 heteroatoms. The van der Waals surface area contributed by atoms with Crippen molar-refractivity contribution in [1.82, 2.24) is 10.2 Å². The maximum atomic E-state index is 12.4. The summed E-state index contributed by atoms with van der Waals surface area (Å²) in [6.07, 6.45) is 0. The molecule has 104 valence electrons. The molecule has 0 unspecified atom stereocenters.